The van der Waals surface area contributed by atoms with E-state index in [2.05, 4.69) is 4.72 Å². The molecule has 2 rings (SSSR count). The van der Waals surface area contributed by atoms with Gasteiger partial charge in [0.15, 0.2) is 0 Å². The molecule has 1 aromatic carbocycles. The van der Waals surface area contributed by atoms with E-state index in [0.717, 1.165) is 31.5 Å². The number of nitrogens with zero attached hydrogens (tertiary/aromatic N) is 1. The molecule has 0 aromatic heterocycles. The van der Waals surface area contributed by atoms with Crippen LogP contribution in [0.5, 0.6) is 0 Å². The molecule has 6 heteroatoms. The number of likely N-dealkylation sites (tertiary alicyclic amines) is 1. The Morgan fingerprint density at radius 3 is 2.30 bits per heavy atom. The average Bonchev–Trinajstić information content (AvgIpc) is 2.91. The normalized spacial score (nSPS) is 17.2. The topological polar surface area (TPSA) is 66.5 Å². The lowest BCUT2D eigenvalue weighted by Crippen LogP contribution is -2.45. The van der Waals surface area contributed by atoms with Gasteiger partial charge in [0.2, 0.25) is 15.9 Å². The zero-order valence-electron chi connectivity index (χ0n) is 11.8. The predicted octanol–water partition coefficient (Wildman–Crippen LogP) is 1.28. The molecule has 1 aromatic rings. The third-order valence-electron chi connectivity index (χ3n) is 3.45. The predicted molar refractivity (Wildman–Crippen MR) is 76.8 cm³/mol. The fourth-order valence-electron chi connectivity index (χ4n) is 2.28. The number of sulfonamides is 1. The zero-order valence-corrected chi connectivity index (χ0v) is 12.6. The quantitative estimate of drug-likeness (QED) is 0.910. The lowest BCUT2D eigenvalue weighted by atomic mass is 10.2. The van der Waals surface area contributed by atoms with Crippen LogP contribution < -0.4 is 4.72 Å². The zero-order chi connectivity index (χ0) is 14.8. The number of amides is 1. The molecule has 1 heterocycles. The van der Waals surface area contributed by atoms with Gasteiger partial charge in [-0.2, -0.15) is 4.72 Å². The molecule has 1 aliphatic heterocycles. The van der Waals surface area contributed by atoms with Crippen LogP contribution in [-0.4, -0.2) is 38.4 Å². The van der Waals surface area contributed by atoms with Crippen LogP contribution in [0.4, 0.5) is 0 Å². The molecule has 1 N–H and O–H groups in total. The first-order chi connectivity index (χ1) is 9.40. The van der Waals surface area contributed by atoms with E-state index in [0.29, 0.717) is 0 Å². The van der Waals surface area contributed by atoms with E-state index in [9.17, 15) is 13.2 Å². The summed E-state index contributed by atoms with van der Waals surface area (Å²) >= 11 is 0. The molecule has 0 saturated carbocycles. The van der Waals surface area contributed by atoms with Crippen molar-refractivity contribution in [3.8, 4) is 0 Å². The Morgan fingerprint density at radius 1 is 1.20 bits per heavy atom. The van der Waals surface area contributed by atoms with E-state index in [-0.39, 0.29) is 10.8 Å². The summed E-state index contributed by atoms with van der Waals surface area (Å²) < 4.78 is 26.8. The molecular formula is C14H20N2O3S. The molecule has 1 fully saturated rings. The molecule has 0 radical (unpaired) electrons. The Hall–Kier alpha value is -1.40. The number of rotatable bonds is 4. The van der Waals surface area contributed by atoms with Crippen molar-refractivity contribution >= 4 is 15.9 Å². The molecule has 1 unspecified atom stereocenters. The fraction of sp³-hybridized carbons (Fsp3) is 0.500. The minimum atomic E-state index is -3.65. The van der Waals surface area contributed by atoms with Crippen molar-refractivity contribution in [1.29, 1.82) is 0 Å². The first-order valence-corrected chi connectivity index (χ1v) is 8.26. The highest BCUT2D eigenvalue weighted by Crippen LogP contribution is 2.13. The van der Waals surface area contributed by atoms with Gasteiger partial charge < -0.3 is 4.90 Å². The molecule has 1 aliphatic rings. The number of hydrogen-bond acceptors (Lipinski definition) is 3. The second-order valence-electron chi connectivity index (χ2n) is 5.19. The van der Waals surface area contributed by atoms with E-state index in [1.807, 2.05) is 6.92 Å². The van der Waals surface area contributed by atoms with Gasteiger partial charge in [-0.1, -0.05) is 17.7 Å². The van der Waals surface area contributed by atoms with Crippen molar-refractivity contribution in [1.82, 2.24) is 9.62 Å². The lowest BCUT2D eigenvalue weighted by molar-refractivity contribution is -0.131. The van der Waals surface area contributed by atoms with E-state index < -0.39 is 16.1 Å². The van der Waals surface area contributed by atoms with Crippen LogP contribution in [0.25, 0.3) is 0 Å². The number of nitrogens with one attached hydrogen (secondary N) is 1. The van der Waals surface area contributed by atoms with Crippen molar-refractivity contribution in [3.63, 3.8) is 0 Å². The molecular weight excluding hydrogens is 276 g/mol. The Balaban J connectivity index is 2.07. The Labute approximate surface area is 120 Å². The van der Waals surface area contributed by atoms with E-state index in [1.54, 1.807) is 36.1 Å². The molecule has 1 atom stereocenters. The molecule has 0 bridgehead atoms. The summed E-state index contributed by atoms with van der Waals surface area (Å²) in [5, 5.41) is 0. The molecule has 0 spiro atoms. The highest BCUT2D eigenvalue weighted by molar-refractivity contribution is 7.89. The van der Waals surface area contributed by atoms with E-state index in [1.165, 1.54) is 0 Å². The summed E-state index contributed by atoms with van der Waals surface area (Å²) in [7, 11) is -3.65. The molecule has 1 amide bonds. The molecule has 1 saturated heterocycles. The van der Waals surface area contributed by atoms with Crippen molar-refractivity contribution in [2.45, 2.75) is 37.6 Å². The van der Waals surface area contributed by atoms with Crippen molar-refractivity contribution < 1.29 is 13.2 Å². The summed E-state index contributed by atoms with van der Waals surface area (Å²) in [4.78, 5) is 14.0. The number of benzene rings is 1. The maximum atomic E-state index is 12.2. The second-order valence-corrected chi connectivity index (χ2v) is 6.90. The van der Waals surface area contributed by atoms with Crippen LogP contribution >= 0.6 is 0 Å². The third kappa shape index (κ3) is 3.37. The number of aryl methyl sites for hydroxylation is 1. The first kappa shape index (κ1) is 15.0. The van der Waals surface area contributed by atoms with Gasteiger partial charge in [-0.3, -0.25) is 4.79 Å². The summed E-state index contributed by atoms with van der Waals surface area (Å²) in [5.74, 6) is -0.154. The SMILES string of the molecule is Cc1ccc(S(=O)(=O)NC(C)C(=O)N2CCCC2)cc1. The smallest absolute Gasteiger partial charge is 0.241 e. The fourth-order valence-corrected chi connectivity index (χ4v) is 3.48. The molecule has 20 heavy (non-hydrogen) atoms. The van der Waals surface area contributed by atoms with Crippen molar-refractivity contribution in [2.75, 3.05) is 13.1 Å². The second kappa shape index (κ2) is 5.93. The van der Waals surface area contributed by atoms with E-state index in [4.69, 9.17) is 0 Å². The summed E-state index contributed by atoms with van der Waals surface area (Å²) in [6, 6.07) is 5.83. The summed E-state index contributed by atoms with van der Waals surface area (Å²) in [6.07, 6.45) is 1.98. The average molecular weight is 296 g/mol. The number of carbonyl (C=O) groups is 1. The molecule has 5 nitrogen and oxygen atoms in total. The van der Waals surface area contributed by atoms with Gasteiger partial charge >= 0.3 is 0 Å². The maximum Gasteiger partial charge on any atom is 0.241 e. The maximum absolute atomic E-state index is 12.2. The lowest BCUT2D eigenvalue weighted by Gasteiger charge is -2.21. The van der Waals surface area contributed by atoms with Gasteiger partial charge in [0.25, 0.3) is 0 Å². The Kier molecular flexibility index (Phi) is 4.45. The minimum absolute atomic E-state index is 0.154. The Morgan fingerprint density at radius 2 is 1.75 bits per heavy atom. The highest BCUT2D eigenvalue weighted by atomic mass is 32.2. The van der Waals surface area contributed by atoms with Crippen LogP contribution in [0.3, 0.4) is 0 Å². The van der Waals surface area contributed by atoms with Gasteiger partial charge in [0, 0.05) is 13.1 Å². The largest absolute Gasteiger partial charge is 0.341 e. The van der Waals surface area contributed by atoms with Crippen LogP contribution in [0.1, 0.15) is 25.3 Å². The number of carbonyl (C=O) groups excluding carboxylic acids is 1. The molecule has 110 valence electrons. The van der Waals surface area contributed by atoms with Crippen LogP contribution in [0, 0.1) is 6.92 Å². The number of hydrogen-bond donors (Lipinski definition) is 1. The van der Waals surface area contributed by atoms with E-state index >= 15 is 0 Å². The third-order valence-corrected chi connectivity index (χ3v) is 5.01. The van der Waals surface area contributed by atoms with Crippen LogP contribution in [0.15, 0.2) is 29.2 Å². The van der Waals surface area contributed by atoms with Gasteiger partial charge in [-0.15, -0.1) is 0 Å². The van der Waals surface area contributed by atoms with Gasteiger partial charge in [0.1, 0.15) is 0 Å². The monoisotopic (exact) mass is 296 g/mol. The van der Waals surface area contributed by atoms with Crippen LogP contribution in [0.2, 0.25) is 0 Å². The summed E-state index contributed by atoms with van der Waals surface area (Å²) in [5.41, 5.74) is 0.991. The Bertz CT molecular complexity index is 575. The van der Waals surface area contributed by atoms with Crippen molar-refractivity contribution in [2.24, 2.45) is 0 Å². The van der Waals surface area contributed by atoms with Gasteiger partial charge in [-0.25, -0.2) is 8.42 Å². The minimum Gasteiger partial charge on any atom is -0.341 e. The highest BCUT2D eigenvalue weighted by Gasteiger charge is 2.27. The standard InChI is InChI=1S/C14H20N2O3S/c1-11-5-7-13(8-6-11)20(18,19)15-12(2)14(17)16-9-3-4-10-16/h5-8,12,15H,3-4,9-10H2,1-2H3. The summed E-state index contributed by atoms with van der Waals surface area (Å²) in [6.45, 7) is 4.92. The van der Waals surface area contributed by atoms with Crippen LogP contribution in [-0.2, 0) is 14.8 Å². The van der Waals surface area contributed by atoms with Gasteiger partial charge in [0.05, 0.1) is 10.9 Å². The van der Waals surface area contributed by atoms with Gasteiger partial charge in [-0.05, 0) is 38.8 Å². The van der Waals surface area contributed by atoms with Crippen molar-refractivity contribution in [3.05, 3.63) is 29.8 Å². The first-order valence-electron chi connectivity index (χ1n) is 6.78. The molecule has 0 aliphatic carbocycles.